The molecule has 2 aromatic carbocycles. The van der Waals surface area contributed by atoms with Gasteiger partial charge in [0.1, 0.15) is 5.82 Å². The molecule has 9 heteroatoms. The number of rotatable bonds is 8. The summed E-state index contributed by atoms with van der Waals surface area (Å²) in [6, 6.07) is 12.8. The van der Waals surface area contributed by atoms with Crippen LogP contribution < -0.4 is 5.32 Å². The van der Waals surface area contributed by atoms with E-state index in [2.05, 4.69) is 16.8 Å². The molecule has 0 aliphatic carbocycles. The molecule has 0 spiro atoms. The van der Waals surface area contributed by atoms with Crippen molar-refractivity contribution < 1.29 is 17.9 Å². The summed E-state index contributed by atoms with van der Waals surface area (Å²) in [6.07, 6.45) is 1.67. The van der Waals surface area contributed by atoms with E-state index >= 15 is 0 Å². The van der Waals surface area contributed by atoms with E-state index in [9.17, 15) is 13.2 Å². The Hall–Kier alpha value is -2.75. The van der Waals surface area contributed by atoms with Gasteiger partial charge in [0.2, 0.25) is 15.9 Å². The summed E-state index contributed by atoms with van der Waals surface area (Å²) in [5, 5.41) is 2.93. The second-order valence-corrected chi connectivity index (χ2v) is 10.2. The summed E-state index contributed by atoms with van der Waals surface area (Å²) in [5.74, 6) is 0.707. The van der Waals surface area contributed by atoms with E-state index in [0.717, 1.165) is 35.6 Å². The summed E-state index contributed by atoms with van der Waals surface area (Å²) >= 11 is 0. The van der Waals surface area contributed by atoms with E-state index in [0.29, 0.717) is 44.7 Å². The smallest absolute Gasteiger partial charge is 0.243 e. The third-order valence-corrected chi connectivity index (χ3v) is 7.63. The molecule has 8 nitrogen and oxygen atoms in total. The Bertz CT molecular complexity index is 1250. The van der Waals surface area contributed by atoms with Crippen LogP contribution in [-0.4, -0.2) is 54.5 Å². The van der Waals surface area contributed by atoms with Crippen LogP contribution in [0.3, 0.4) is 0 Å². The number of carbonyl (C=O) groups is 1. The first kappa shape index (κ1) is 23.4. The molecule has 1 aliphatic heterocycles. The maximum atomic E-state index is 13.0. The van der Waals surface area contributed by atoms with Crippen LogP contribution in [0, 0.1) is 6.92 Å². The number of sulfonamides is 1. The Morgan fingerprint density at radius 3 is 2.67 bits per heavy atom. The van der Waals surface area contributed by atoms with Gasteiger partial charge in [-0.15, -0.1) is 0 Å². The van der Waals surface area contributed by atoms with Gasteiger partial charge in [0, 0.05) is 38.2 Å². The zero-order valence-electron chi connectivity index (χ0n) is 19.1. The monoisotopic (exact) mass is 470 g/mol. The molecule has 3 aromatic rings. The number of fused-ring (bicyclic) bond motifs is 1. The zero-order chi connectivity index (χ0) is 23.4. The first-order valence-electron chi connectivity index (χ1n) is 11.3. The van der Waals surface area contributed by atoms with Gasteiger partial charge in [-0.2, -0.15) is 4.31 Å². The number of nitrogens with zero attached hydrogens (tertiary/aromatic N) is 3. The lowest BCUT2D eigenvalue weighted by Crippen LogP contribution is -2.40. The van der Waals surface area contributed by atoms with Crippen LogP contribution in [0.15, 0.2) is 47.4 Å². The number of aromatic nitrogens is 2. The van der Waals surface area contributed by atoms with Crippen LogP contribution in [0.1, 0.15) is 31.2 Å². The second kappa shape index (κ2) is 10.0. The van der Waals surface area contributed by atoms with Crippen molar-refractivity contribution in [3.63, 3.8) is 0 Å². The minimum absolute atomic E-state index is 0.0775. The van der Waals surface area contributed by atoms with Crippen LogP contribution in [0.25, 0.3) is 11.0 Å². The van der Waals surface area contributed by atoms with Gasteiger partial charge in [0.05, 0.1) is 29.1 Å². The van der Waals surface area contributed by atoms with Crippen molar-refractivity contribution in [1.82, 2.24) is 13.9 Å². The number of morpholine rings is 1. The molecule has 1 aliphatic rings. The van der Waals surface area contributed by atoms with Crippen molar-refractivity contribution >= 4 is 32.7 Å². The average Bonchev–Trinajstić information content (AvgIpc) is 3.15. The number of aryl methyl sites for hydroxylation is 3. The fraction of sp³-hybridized carbons (Fsp3) is 0.417. The highest BCUT2D eigenvalue weighted by atomic mass is 32.2. The topological polar surface area (TPSA) is 93.5 Å². The Kier molecular flexibility index (Phi) is 7.11. The molecule has 1 N–H and O–H groups in total. The molecule has 0 unspecified atom stereocenters. The maximum absolute atomic E-state index is 13.0. The summed E-state index contributed by atoms with van der Waals surface area (Å²) in [5.41, 5.74) is 3.37. The van der Waals surface area contributed by atoms with Crippen LogP contribution in [0.2, 0.25) is 0 Å². The molecular weight excluding hydrogens is 440 g/mol. The number of carbonyl (C=O) groups excluding carboxylic acids is 1. The van der Waals surface area contributed by atoms with Crippen LogP contribution in [0.5, 0.6) is 0 Å². The molecular formula is C24H30N4O4S. The lowest BCUT2D eigenvalue weighted by molar-refractivity contribution is -0.116. The van der Waals surface area contributed by atoms with E-state index in [-0.39, 0.29) is 10.8 Å². The first-order valence-corrected chi connectivity index (χ1v) is 12.8. The number of imidazole rings is 1. The van der Waals surface area contributed by atoms with Gasteiger partial charge in [-0.25, -0.2) is 13.4 Å². The lowest BCUT2D eigenvalue weighted by atomic mass is 10.2. The summed E-state index contributed by atoms with van der Waals surface area (Å²) in [6.45, 7) is 6.33. The molecule has 4 rings (SSSR count). The molecule has 1 fully saturated rings. The second-order valence-electron chi connectivity index (χ2n) is 8.26. The van der Waals surface area contributed by atoms with Gasteiger partial charge < -0.3 is 14.6 Å². The van der Waals surface area contributed by atoms with E-state index < -0.39 is 10.0 Å². The van der Waals surface area contributed by atoms with Gasteiger partial charge in [0.25, 0.3) is 0 Å². The minimum atomic E-state index is -3.59. The summed E-state index contributed by atoms with van der Waals surface area (Å²) < 4.78 is 34.9. The Balaban J connectivity index is 1.55. The molecule has 0 atom stereocenters. The van der Waals surface area contributed by atoms with Crippen molar-refractivity contribution in [1.29, 1.82) is 0 Å². The van der Waals surface area contributed by atoms with Crippen LogP contribution in [-0.2, 0) is 32.5 Å². The van der Waals surface area contributed by atoms with Crippen molar-refractivity contribution in [2.24, 2.45) is 0 Å². The van der Waals surface area contributed by atoms with Crippen molar-refractivity contribution in [3.05, 3.63) is 53.9 Å². The molecule has 176 valence electrons. The van der Waals surface area contributed by atoms with E-state index in [4.69, 9.17) is 9.72 Å². The van der Waals surface area contributed by atoms with Gasteiger partial charge in [-0.1, -0.05) is 19.1 Å². The zero-order valence-corrected chi connectivity index (χ0v) is 19.9. The fourth-order valence-electron chi connectivity index (χ4n) is 4.09. The van der Waals surface area contributed by atoms with Gasteiger partial charge >= 0.3 is 0 Å². The predicted octanol–water partition coefficient (Wildman–Crippen LogP) is 3.35. The number of anilines is 1. The number of hydrogen-bond acceptors (Lipinski definition) is 5. The van der Waals surface area contributed by atoms with Crippen molar-refractivity contribution in [2.75, 3.05) is 31.6 Å². The quantitative estimate of drug-likeness (QED) is 0.545. The number of hydrogen-bond donors (Lipinski definition) is 1. The fourth-order valence-corrected chi connectivity index (χ4v) is 5.52. The third-order valence-electron chi connectivity index (χ3n) is 5.73. The van der Waals surface area contributed by atoms with Crippen LogP contribution >= 0.6 is 0 Å². The van der Waals surface area contributed by atoms with Gasteiger partial charge in [-0.05, 0) is 49.2 Å². The Labute approximate surface area is 194 Å². The highest BCUT2D eigenvalue weighted by Crippen LogP contribution is 2.24. The minimum Gasteiger partial charge on any atom is -0.379 e. The van der Waals surface area contributed by atoms with Crippen LogP contribution in [0.4, 0.5) is 5.69 Å². The molecule has 0 bridgehead atoms. The molecule has 1 amide bonds. The standard InChI is InChI=1S/C24H30N4O4S/c1-3-11-28-22-8-7-20(33(30,31)27-12-14-32-15-13-27)17-21(22)26-23(28)9-10-24(29)25-19-6-4-5-18(2)16-19/h4-8,16-17H,3,9-15H2,1-2H3,(H,25,29). The molecule has 0 radical (unpaired) electrons. The Morgan fingerprint density at radius 2 is 1.94 bits per heavy atom. The number of ether oxygens (including phenoxy) is 1. The maximum Gasteiger partial charge on any atom is 0.243 e. The predicted molar refractivity (Wildman–Crippen MR) is 128 cm³/mol. The number of nitrogens with one attached hydrogen (secondary N) is 1. The van der Waals surface area contributed by atoms with Crippen molar-refractivity contribution in [2.45, 2.75) is 44.6 Å². The highest BCUT2D eigenvalue weighted by Gasteiger charge is 2.27. The third kappa shape index (κ3) is 5.26. The summed E-state index contributed by atoms with van der Waals surface area (Å²) in [7, 11) is -3.59. The molecule has 33 heavy (non-hydrogen) atoms. The number of amides is 1. The van der Waals surface area contributed by atoms with Crippen molar-refractivity contribution in [3.8, 4) is 0 Å². The largest absolute Gasteiger partial charge is 0.379 e. The molecule has 0 saturated carbocycles. The number of benzene rings is 2. The normalized spacial score (nSPS) is 15.1. The summed E-state index contributed by atoms with van der Waals surface area (Å²) in [4.78, 5) is 17.5. The Morgan fingerprint density at radius 1 is 1.15 bits per heavy atom. The van der Waals surface area contributed by atoms with E-state index in [1.54, 1.807) is 12.1 Å². The first-order chi connectivity index (χ1) is 15.9. The van der Waals surface area contributed by atoms with E-state index in [1.807, 2.05) is 37.3 Å². The van der Waals surface area contributed by atoms with Gasteiger partial charge in [-0.3, -0.25) is 4.79 Å². The average molecular weight is 471 g/mol. The van der Waals surface area contributed by atoms with Gasteiger partial charge in [0.15, 0.2) is 0 Å². The molecule has 2 heterocycles. The molecule has 1 aromatic heterocycles. The molecule has 1 saturated heterocycles. The van der Waals surface area contributed by atoms with E-state index in [1.165, 1.54) is 4.31 Å². The lowest BCUT2D eigenvalue weighted by Gasteiger charge is -2.26. The SMILES string of the molecule is CCCn1c(CCC(=O)Nc2cccc(C)c2)nc2cc(S(=O)(=O)N3CCOCC3)ccc21. The highest BCUT2D eigenvalue weighted by molar-refractivity contribution is 7.89.